The van der Waals surface area contributed by atoms with Gasteiger partial charge in [0.05, 0.1) is 0 Å². The molecule has 0 saturated heterocycles. The van der Waals surface area contributed by atoms with E-state index < -0.39 is 6.36 Å². The van der Waals surface area contributed by atoms with Crippen LogP contribution in [0.5, 0.6) is 5.75 Å². The second-order valence-corrected chi connectivity index (χ2v) is 3.55. The van der Waals surface area contributed by atoms with Gasteiger partial charge in [0.15, 0.2) is 0 Å². The van der Waals surface area contributed by atoms with E-state index in [0.717, 1.165) is 0 Å². The quantitative estimate of drug-likeness (QED) is 0.837. The number of nitrogens with two attached hydrogens (primary N) is 1. The third-order valence-electron chi connectivity index (χ3n) is 2.20. The molecular formula is C12H9F3N2O. The van der Waals surface area contributed by atoms with Crippen molar-refractivity contribution in [3.05, 3.63) is 42.7 Å². The van der Waals surface area contributed by atoms with Crippen LogP contribution in [0.4, 0.5) is 18.9 Å². The van der Waals surface area contributed by atoms with Crippen molar-refractivity contribution >= 4 is 5.69 Å². The molecule has 3 nitrogen and oxygen atoms in total. The number of rotatable bonds is 2. The number of alkyl halides is 3. The summed E-state index contributed by atoms with van der Waals surface area (Å²) in [6.07, 6.45) is -1.77. The first kappa shape index (κ1) is 12.2. The van der Waals surface area contributed by atoms with Crippen LogP contribution in [0.3, 0.4) is 0 Å². The predicted molar refractivity (Wildman–Crippen MR) is 60.8 cm³/mol. The lowest BCUT2D eigenvalue weighted by Crippen LogP contribution is -2.17. The Morgan fingerprint density at radius 1 is 1.17 bits per heavy atom. The number of nitrogen functional groups attached to an aromatic ring is 1. The number of halogens is 3. The van der Waals surface area contributed by atoms with Gasteiger partial charge in [0.25, 0.3) is 0 Å². The molecular weight excluding hydrogens is 245 g/mol. The number of benzene rings is 1. The third kappa shape index (κ3) is 2.91. The normalized spacial score (nSPS) is 11.3. The van der Waals surface area contributed by atoms with E-state index in [0.29, 0.717) is 11.3 Å². The molecule has 2 aromatic rings. The van der Waals surface area contributed by atoms with E-state index in [-0.39, 0.29) is 11.3 Å². The molecule has 2 rings (SSSR count). The van der Waals surface area contributed by atoms with Gasteiger partial charge in [0, 0.05) is 29.2 Å². The highest BCUT2D eigenvalue weighted by Crippen LogP contribution is 2.34. The van der Waals surface area contributed by atoms with Crippen LogP contribution >= 0.6 is 0 Å². The van der Waals surface area contributed by atoms with E-state index in [9.17, 15) is 13.2 Å². The Hall–Kier alpha value is -2.24. The molecule has 0 aliphatic rings. The lowest BCUT2D eigenvalue weighted by atomic mass is 10.1. The van der Waals surface area contributed by atoms with Gasteiger partial charge < -0.3 is 10.5 Å². The second-order valence-electron chi connectivity index (χ2n) is 3.55. The zero-order chi connectivity index (χ0) is 13.2. The average molecular weight is 254 g/mol. The SMILES string of the molecule is Nc1ccc(OC(F)(F)F)c(-c2cccnc2)c1. The van der Waals surface area contributed by atoms with Gasteiger partial charge in [-0.2, -0.15) is 0 Å². The number of hydrogen-bond donors (Lipinski definition) is 1. The van der Waals surface area contributed by atoms with E-state index in [1.807, 2.05) is 0 Å². The molecule has 6 heteroatoms. The van der Waals surface area contributed by atoms with E-state index in [2.05, 4.69) is 9.72 Å². The number of aromatic nitrogens is 1. The Kier molecular flexibility index (Phi) is 3.10. The van der Waals surface area contributed by atoms with Crippen LogP contribution in [-0.4, -0.2) is 11.3 Å². The molecule has 2 N–H and O–H groups in total. The average Bonchev–Trinajstić information content (AvgIpc) is 2.31. The zero-order valence-electron chi connectivity index (χ0n) is 9.11. The summed E-state index contributed by atoms with van der Waals surface area (Å²) in [5, 5.41) is 0. The molecule has 0 spiro atoms. The van der Waals surface area contributed by atoms with Gasteiger partial charge in [-0.15, -0.1) is 13.2 Å². The maximum absolute atomic E-state index is 12.3. The summed E-state index contributed by atoms with van der Waals surface area (Å²) in [4.78, 5) is 3.85. The molecule has 1 aromatic heterocycles. The number of nitrogens with zero attached hydrogens (tertiary/aromatic N) is 1. The standard InChI is InChI=1S/C12H9F3N2O/c13-12(14,15)18-11-4-3-9(16)6-10(11)8-2-1-5-17-7-8/h1-7H,16H2. The minimum absolute atomic E-state index is 0.250. The summed E-state index contributed by atoms with van der Waals surface area (Å²) < 4.78 is 40.8. The van der Waals surface area contributed by atoms with E-state index in [1.165, 1.54) is 30.6 Å². The third-order valence-corrected chi connectivity index (χ3v) is 2.20. The summed E-state index contributed by atoms with van der Waals surface area (Å²) in [6, 6.07) is 7.20. The van der Waals surface area contributed by atoms with Crippen molar-refractivity contribution in [3.63, 3.8) is 0 Å². The maximum atomic E-state index is 12.3. The van der Waals surface area contributed by atoms with Crippen molar-refractivity contribution in [3.8, 4) is 16.9 Å². The maximum Gasteiger partial charge on any atom is 0.573 e. The van der Waals surface area contributed by atoms with E-state index in [1.54, 1.807) is 12.1 Å². The van der Waals surface area contributed by atoms with Gasteiger partial charge in [0.1, 0.15) is 5.75 Å². The van der Waals surface area contributed by atoms with Crippen molar-refractivity contribution in [2.24, 2.45) is 0 Å². The predicted octanol–water partition coefficient (Wildman–Crippen LogP) is 3.23. The van der Waals surface area contributed by atoms with Crippen LogP contribution in [0.2, 0.25) is 0 Å². The first-order valence-corrected chi connectivity index (χ1v) is 5.01. The monoisotopic (exact) mass is 254 g/mol. The van der Waals surface area contributed by atoms with Gasteiger partial charge in [-0.3, -0.25) is 4.98 Å². The largest absolute Gasteiger partial charge is 0.573 e. The van der Waals surface area contributed by atoms with Crippen molar-refractivity contribution in [2.75, 3.05) is 5.73 Å². The molecule has 18 heavy (non-hydrogen) atoms. The van der Waals surface area contributed by atoms with Crippen LogP contribution in [0.1, 0.15) is 0 Å². The molecule has 0 fully saturated rings. The Morgan fingerprint density at radius 2 is 1.94 bits per heavy atom. The molecule has 0 bridgehead atoms. The Balaban J connectivity index is 2.48. The first-order chi connectivity index (χ1) is 8.46. The van der Waals surface area contributed by atoms with Gasteiger partial charge in [-0.05, 0) is 24.3 Å². The minimum Gasteiger partial charge on any atom is -0.405 e. The van der Waals surface area contributed by atoms with Crippen LogP contribution in [0, 0.1) is 0 Å². The zero-order valence-corrected chi connectivity index (χ0v) is 9.11. The Labute approximate surface area is 101 Å². The van der Waals surface area contributed by atoms with Gasteiger partial charge in [0.2, 0.25) is 0 Å². The fraction of sp³-hybridized carbons (Fsp3) is 0.0833. The molecule has 94 valence electrons. The summed E-state index contributed by atoms with van der Waals surface area (Å²) in [6.45, 7) is 0. The van der Waals surface area contributed by atoms with Gasteiger partial charge in [-0.1, -0.05) is 6.07 Å². The topological polar surface area (TPSA) is 48.1 Å². The fourth-order valence-corrected chi connectivity index (χ4v) is 1.51. The molecule has 0 amide bonds. The Bertz CT molecular complexity index is 541. The van der Waals surface area contributed by atoms with Gasteiger partial charge in [-0.25, -0.2) is 0 Å². The molecule has 0 saturated carbocycles. The van der Waals surface area contributed by atoms with Crippen molar-refractivity contribution in [1.29, 1.82) is 0 Å². The Morgan fingerprint density at radius 3 is 2.56 bits per heavy atom. The number of hydrogen-bond acceptors (Lipinski definition) is 3. The van der Waals surface area contributed by atoms with Crippen LogP contribution in [-0.2, 0) is 0 Å². The molecule has 0 atom stereocenters. The van der Waals surface area contributed by atoms with Crippen molar-refractivity contribution in [2.45, 2.75) is 6.36 Å². The van der Waals surface area contributed by atoms with Crippen LogP contribution in [0.15, 0.2) is 42.7 Å². The minimum atomic E-state index is -4.74. The molecule has 0 aliphatic carbocycles. The second kappa shape index (κ2) is 4.56. The highest BCUT2D eigenvalue weighted by Gasteiger charge is 2.32. The first-order valence-electron chi connectivity index (χ1n) is 5.01. The fourth-order valence-electron chi connectivity index (χ4n) is 1.51. The highest BCUT2D eigenvalue weighted by molar-refractivity contribution is 5.73. The summed E-state index contributed by atoms with van der Waals surface area (Å²) >= 11 is 0. The molecule has 1 aromatic carbocycles. The number of pyridine rings is 1. The highest BCUT2D eigenvalue weighted by atomic mass is 19.4. The van der Waals surface area contributed by atoms with Crippen molar-refractivity contribution < 1.29 is 17.9 Å². The number of ether oxygens (including phenoxy) is 1. The lowest BCUT2D eigenvalue weighted by molar-refractivity contribution is -0.274. The summed E-state index contributed by atoms with van der Waals surface area (Å²) in [7, 11) is 0. The van der Waals surface area contributed by atoms with Crippen LogP contribution in [0.25, 0.3) is 11.1 Å². The van der Waals surface area contributed by atoms with Gasteiger partial charge >= 0.3 is 6.36 Å². The molecule has 0 aliphatic heterocycles. The van der Waals surface area contributed by atoms with E-state index >= 15 is 0 Å². The number of anilines is 1. The summed E-state index contributed by atoms with van der Waals surface area (Å²) in [5.74, 6) is -0.301. The molecule has 0 unspecified atom stereocenters. The van der Waals surface area contributed by atoms with E-state index in [4.69, 9.17) is 5.73 Å². The lowest BCUT2D eigenvalue weighted by Gasteiger charge is -2.13. The summed E-state index contributed by atoms with van der Waals surface area (Å²) in [5.41, 5.74) is 6.68. The van der Waals surface area contributed by atoms with Crippen LogP contribution < -0.4 is 10.5 Å². The van der Waals surface area contributed by atoms with Crippen molar-refractivity contribution in [1.82, 2.24) is 4.98 Å². The molecule has 1 heterocycles. The molecule has 0 radical (unpaired) electrons. The smallest absolute Gasteiger partial charge is 0.405 e.